The molecule has 0 saturated heterocycles. The van der Waals surface area contributed by atoms with Gasteiger partial charge in [-0.05, 0) is 44.6 Å². The highest BCUT2D eigenvalue weighted by Crippen LogP contribution is 2.26. The Bertz CT molecular complexity index is 469. The van der Waals surface area contributed by atoms with Crippen LogP contribution in [0.4, 0.5) is 0 Å². The lowest BCUT2D eigenvalue weighted by atomic mass is 9.95. The third-order valence-corrected chi connectivity index (χ3v) is 5.00. The lowest BCUT2D eigenvalue weighted by Gasteiger charge is -2.29. The highest BCUT2D eigenvalue weighted by Gasteiger charge is 2.21. The van der Waals surface area contributed by atoms with Crippen LogP contribution < -0.4 is 15.4 Å². The van der Waals surface area contributed by atoms with Gasteiger partial charge in [-0.25, -0.2) is 4.99 Å². The van der Waals surface area contributed by atoms with Crippen molar-refractivity contribution in [3.8, 4) is 5.75 Å². The number of rotatable bonds is 7. The molecule has 1 aromatic rings. The van der Waals surface area contributed by atoms with E-state index in [-0.39, 0.29) is 0 Å². The first-order chi connectivity index (χ1) is 11.3. The van der Waals surface area contributed by atoms with Gasteiger partial charge in [0, 0.05) is 24.0 Å². The van der Waals surface area contributed by atoms with E-state index in [9.17, 15) is 0 Å². The Morgan fingerprint density at radius 2 is 2.39 bits per heavy atom. The Hall–Kier alpha value is -1.43. The maximum atomic E-state index is 5.63. The van der Waals surface area contributed by atoms with Crippen LogP contribution in [0.1, 0.15) is 32.6 Å². The molecule has 0 spiro atoms. The largest absolute Gasteiger partial charge is 0.490 e. The van der Waals surface area contributed by atoms with E-state index in [4.69, 9.17) is 4.74 Å². The monoisotopic (exact) mass is 336 g/mol. The van der Waals surface area contributed by atoms with Crippen LogP contribution in [-0.2, 0) is 0 Å². The first-order valence-corrected chi connectivity index (χ1v) is 9.71. The number of ether oxygens (including phenoxy) is 1. The van der Waals surface area contributed by atoms with Crippen LogP contribution in [0.15, 0.2) is 29.5 Å². The summed E-state index contributed by atoms with van der Waals surface area (Å²) < 4.78 is 5.63. The van der Waals surface area contributed by atoms with E-state index in [0.29, 0.717) is 19.2 Å². The van der Waals surface area contributed by atoms with Crippen molar-refractivity contribution >= 4 is 17.7 Å². The zero-order chi connectivity index (χ0) is 16.3. The fourth-order valence-electron chi connectivity index (χ4n) is 2.76. The Kier molecular flexibility index (Phi) is 8.07. The van der Waals surface area contributed by atoms with Gasteiger partial charge in [-0.15, -0.1) is 0 Å². The summed E-state index contributed by atoms with van der Waals surface area (Å²) in [4.78, 5) is 8.65. The van der Waals surface area contributed by atoms with E-state index in [1.54, 1.807) is 12.4 Å². The second-order valence-electron chi connectivity index (χ2n) is 5.66. The Morgan fingerprint density at radius 1 is 1.48 bits per heavy atom. The Morgan fingerprint density at radius 3 is 3.13 bits per heavy atom. The number of aromatic nitrogens is 1. The van der Waals surface area contributed by atoms with Gasteiger partial charge in [-0.2, -0.15) is 11.8 Å². The molecule has 6 heteroatoms. The lowest BCUT2D eigenvalue weighted by molar-refractivity contribution is 0.327. The first kappa shape index (κ1) is 17.9. The molecule has 128 valence electrons. The molecule has 1 aromatic heterocycles. The number of hydrogen-bond donors (Lipinski definition) is 2. The summed E-state index contributed by atoms with van der Waals surface area (Å²) in [6, 6.07) is 4.30. The molecule has 0 amide bonds. The molecular weight excluding hydrogens is 308 g/mol. The van der Waals surface area contributed by atoms with E-state index in [0.717, 1.165) is 23.5 Å². The minimum atomic E-state index is 0.526. The van der Waals surface area contributed by atoms with Crippen LogP contribution in [0.25, 0.3) is 0 Å². The molecular formula is C17H28N4OS. The zero-order valence-corrected chi connectivity index (χ0v) is 14.9. The van der Waals surface area contributed by atoms with Crippen LogP contribution >= 0.6 is 11.8 Å². The minimum Gasteiger partial charge on any atom is -0.490 e. The maximum Gasteiger partial charge on any atom is 0.191 e. The molecule has 5 nitrogen and oxygen atoms in total. The topological polar surface area (TPSA) is 58.5 Å². The summed E-state index contributed by atoms with van der Waals surface area (Å²) in [5.41, 5.74) is 0. The molecule has 1 fully saturated rings. The second kappa shape index (κ2) is 10.4. The SMILES string of the molecule is CCNC(=NCCOc1cccnc1)NC1CCCC(SC)C1. The highest BCUT2D eigenvalue weighted by molar-refractivity contribution is 7.99. The summed E-state index contributed by atoms with van der Waals surface area (Å²) in [6.45, 7) is 4.14. The molecule has 1 aliphatic rings. The van der Waals surface area contributed by atoms with Crippen LogP contribution in [0, 0.1) is 0 Å². The average molecular weight is 337 g/mol. The van der Waals surface area contributed by atoms with Gasteiger partial charge in [0.25, 0.3) is 0 Å². The Balaban J connectivity index is 1.77. The molecule has 1 aliphatic carbocycles. The molecule has 0 radical (unpaired) electrons. The number of thioether (sulfide) groups is 1. The molecule has 2 atom stereocenters. The maximum absolute atomic E-state index is 5.63. The van der Waals surface area contributed by atoms with Gasteiger partial charge in [-0.1, -0.05) is 6.42 Å². The van der Waals surface area contributed by atoms with E-state index < -0.39 is 0 Å². The molecule has 2 rings (SSSR count). The number of hydrogen-bond acceptors (Lipinski definition) is 4. The van der Waals surface area contributed by atoms with Crippen LogP contribution in [-0.4, -0.2) is 48.2 Å². The van der Waals surface area contributed by atoms with Crippen molar-refractivity contribution in [2.24, 2.45) is 4.99 Å². The highest BCUT2D eigenvalue weighted by atomic mass is 32.2. The molecule has 0 aromatic carbocycles. The molecule has 2 unspecified atom stereocenters. The quantitative estimate of drug-likeness (QED) is 0.455. The van der Waals surface area contributed by atoms with Crippen molar-refractivity contribution in [1.82, 2.24) is 15.6 Å². The first-order valence-electron chi connectivity index (χ1n) is 8.42. The predicted molar refractivity (Wildman–Crippen MR) is 98.4 cm³/mol. The standard InChI is InChI=1S/C17H28N4OS/c1-3-19-17(21-14-6-4-8-16(12-14)23-2)20-10-11-22-15-7-5-9-18-13-15/h5,7,9,13-14,16H,3-4,6,8,10-12H2,1-2H3,(H2,19,20,21). The summed E-state index contributed by atoms with van der Waals surface area (Å²) in [7, 11) is 0. The molecule has 23 heavy (non-hydrogen) atoms. The average Bonchev–Trinajstić information content (AvgIpc) is 2.60. The van der Waals surface area contributed by atoms with Gasteiger partial charge >= 0.3 is 0 Å². The molecule has 1 heterocycles. The third-order valence-electron chi connectivity index (χ3n) is 3.91. The molecule has 2 N–H and O–H groups in total. The van der Waals surface area contributed by atoms with E-state index in [1.807, 2.05) is 23.9 Å². The van der Waals surface area contributed by atoms with E-state index in [2.05, 4.69) is 33.8 Å². The van der Waals surface area contributed by atoms with Gasteiger partial charge in [0.2, 0.25) is 0 Å². The van der Waals surface area contributed by atoms with Gasteiger partial charge < -0.3 is 15.4 Å². The number of nitrogens with zero attached hydrogens (tertiary/aromatic N) is 2. The van der Waals surface area contributed by atoms with Crippen LogP contribution in [0.5, 0.6) is 5.75 Å². The second-order valence-corrected chi connectivity index (χ2v) is 6.80. The molecule has 0 bridgehead atoms. The van der Waals surface area contributed by atoms with Gasteiger partial charge in [-0.3, -0.25) is 4.98 Å². The lowest BCUT2D eigenvalue weighted by Crippen LogP contribution is -2.45. The number of nitrogens with one attached hydrogen (secondary N) is 2. The number of pyridine rings is 1. The normalized spacial score (nSPS) is 21.7. The van der Waals surface area contributed by atoms with E-state index in [1.165, 1.54) is 25.7 Å². The van der Waals surface area contributed by atoms with Gasteiger partial charge in [0.15, 0.2) is 5.96 Å². The summed E-state index contributed by atoms with van der Waals surface area (Å²) in [6.07, 6.45) is 10.8. The number of aliphatic imine (C=N–C) groups is 1. The third kappa shape index (κ3) is 6.69. The van der Waals surface area contributed by atoms with Crippen LogP contribution in [0.3, 0.4) is 0 Å². The zero-order valence-electron chi connectivity index (χ0n) is 14.1. The molecule has 0 aliphatic heterocycles. The smallest absolute Gasteiger partial charge is 0.191 e. The van der Waals surface area contributed by atoms with E-state index >= 15 is 0 Å². The van der Waals surface area contributed by atoms with Crippen molar-refractivity contribution in [3.63, 3.8) is 0 Å². The van der Waals surface area contributed by atoms with Crippen molar-refractivity contribution in [1.29, 1.82) is 0 Å². The van der Waals surface area contributed by atoms with Crippen molar-refractivity contribution in [3.05, 3.63) is 24.5 Å². The number of guanidine groups is 1. The van der Waals surface area contributed by atoms with Gasteiger partial charge in [0.1, 0.15) is 12.4 Å². The predicted octanol–water partition coefficient (Wildman–Crippen LogP) is 2.69. The fourth-order valence-corrected chi connectivity index (χ4v) is 3.58. The summed E-state index contributed by atoms with van der Waals surface area (Å²) in [5, 5.41) is 7.68. The summed E-state index contributed by atoms with van der Waals surface area (Å²) >= 11 is 1.98. The molecule has 1 saturated carbocycles. The van der Waals surface area contributed by atoms with Crippen molar-refractivity contribution in [2.45, 2.75) is 43.9 Å². The van der Waals surface area contributed by atoms with Crippen molar-refractivity contribution < 1.29 is 4.74 Å². The van der Waals surface area contributed by atoms with Crippen molar-refractivity contribution in [2.75, 3.05) is 26.0 Å². The fraction of sp³-hybridized carbons (Fsp3) is 0.647. The summed E-state index contributed by atoms with van der Waals surface area (Å²) in [5.74, 6) is 1.68. The Labute approximate surface area is 143 Å². The van der Waals surface area contributed by atoms with Gasteiger partial charge in [0.05, 0.1) is 12.7 Å². The van der Waals surface area contributed by atoms with Crippen LogP contribution in [0.2, 0.25) is 0 Å². The minimum absolute atomic E-state index is 0.526.